The highest BCUT2D eigenvalue weighted by Gasteiger charge is 2.18. The molecule has 0 radical (unpaired) electrons. The highest BCUT2D eigenvalue weighted by atomic mass is 35.5. The predicted molar refractivity (Wildman–Crippen MR) is 63.1 cm³/mol. The zero-order chi connectivity index (χ0) is 11.7. The largest absolute Gasteiger partial charge is 0.287 e. The van der Waals surface area contributed by atoms with Crippen LogP contribution >= 0.6 is 23.2 Å². The Labute approximate surface area is 103 Å². The molecule has 0 fully saturated rings. The lowest BCUT2D eigenvalue weighted by molar-refractivity contribution is 0.103. The van der Waals surface area contributed by atoms with Gasteiger partial charge in [-0.1, -0.05) is 29.3 Å². The summed E-state index contributed by atoms with van der Waals surface area (Å²) in [6.07, 6.45) is 1.55. The molecule has 0 bridgehead atoms. The standard InChI is InChI=1S/C11H8Cl2N2O/c1-15-9(5-6-14-15)11(16)10-7(12)3-2-4-8(10)13/h2-6H,1H3. The van der Waals surface area contributed by atoms with E-state index in [-0.39, 0.29) is 5.78 Å². The van der Waals surface area contributed by atoms with E-state index in [0.29, 0.717) is 21.3 Å². The number of carbonyl (C=O) groups is 1. The molecule has 2 rings (SSSR count). The Balaban J connectivity index is 2.54. The number of benzene rings is 1. The molecule has 0 unspecified atom stereocenters. The zero-order valence-electron chi connectivity index (χ0n) is 8.45. The minimum Gasteiger partial charge on any atom is -0.287 e. The Bertz CT molecular complexity index is 528. The lowest BCUT2D eigenvalue weighted by Gasteiger charge is -2.05. The Morgan fingerprint density at radius 2 is 1.88 bits per heavy atom. The molecular weight excluding hydrogens is 247 g/mol. The van der Waals surface area contributed by atoms with Gasteiger partial charge in [-0.25, -0.2) is 0 Å². The maximum atomic E-state index is 12.1. The Hall–Kier alpha value is -1.32. The third kappa shape index (κ3) is 1.84. The van der Waals surface area contributed by atoms with E-state index in [1.807, 2.05) is 0 Å². The van der Waals surface area contributed by atoms with Crippen LogP contribution in [-0.4, -0.2) is 15.6 Å². The van der Waals surface area contributed by atoms with Crippen molar-refractivity contribution < 1.29 is 4.79 Å². The SMILES string of the molecule is Cn1nccc1C(=O)c1c(Cl)cccc1Cl. The van der Waals surface area contributed by atoms with E-state index in [0.717, 1.165) is 0 Å². The molecule has 0 saturated carbocycles. The maximum absolute atomic E-state index is 12.1. The van der Waals surface area contributed by atoms with Crippen LogP contribution in [0.2, 0.25) is 10.0 Å². The van der Waals surface area contributed by atoms with Crippen LogP contribution in [0.1, 0.15) is 16.1 Å². The van der Waals surface area contributed by atoms with E-state index in [9.17, 15) is 4.79 Å². The van der Waals surface area contributed by atoms with Crippen molar-refractivity contribution in [3.05, 3.63) is 51.8 Å². The summed E-state index contributed by atoms with van der Waals surface area (Å²) >= 11 is 11.9. The number of ketones is 1. The summed E-state index contributed by atoms with van der Waals surface area (Å²) in [5, 5.41) is 4.62. The molecule has 0 atom stereocenters. The minimum atomic E-state index is -0.226. The zero-order valence-corrected chi connectivity index (χ0v) is 9.96. The van der Waals surface area contributed by atoms with Crippen LogP contribution in [0.5, 0.6) is 0 Å². The first-order chi connectivity index (χ1) is 7.61. The molecule has 0 aliphatic rings. The third-order valence-corrected chi connectivity index (χ3v) is 2.87. The average molecular weight is 255 g/mol. The molecule has 0 aliphatic carbocycles. The molecule has 0 saturated heterocycles. The van der Waals surface area contributed by atoms with E-state index >= 15 is 0 Å². The summed E-state index contributed by atoms with van der Waals surface area (Å²) in [6, 6.07) is 6.60. The third-order valence-electron chi connectivity index (χ3n) is 2.24. The second-order valence-electron chi connectivity index (χ2n) is 3.27. The summed E-state index contributed by atoms with van der Waals surface area (Å²) in [4.78, 5) is 12.1. The van der Waals surface area contributed by atoms with Crippen LogP contribution in [0.3, 0.4) is 0 Å². The molecule has 0 spiro atoms. The normalized spacial score (nSPS) is 10.4. The van der Waals surface area contributed by atoms with E-state index in [1.165, 1.54) is 4.68 Å². The van der Waals surface area contributed by atoms with Crippen LogP contribution in [-0.2, 0) is 7.05 Å². The van der Waals surface area contributed by atoms with E-state index in [4.69, 9.17) is 23.2 Å². The summed E-state index contributed by atoms with van der Waals surface area (Å²) in [6.45, 7) is 0. The van der Waals surface area contributed by atoms with Crippen molar-refractivity contribution in [2.24, 2.45) is 7.05 Å². The number of aryl methyl sites for hydroxylation is 1. The second kappa shape index (κ2) is 4.28. The first kappa shape index (κ1) is 11.2. The number of hydrogen-bond acceptors (Lipinski definition) is 2. The second-order valence-corrected chi connectivity index (χ2v) is 4.08. The van der Waals surface area contributed by atoms with E-state index in [1.54, 1.807) is 37.5 Å². The first-order valence-corrected chi connectivity index (χ1v) is 5.33. The Morgan fingerprint density at radius 3 is 2.38 bits per heavy atom. The summed E-state index contributed by atoms with van der Waals surface area (Å²) < 4.78 is 1.49. The highest BCUT2D eigenvalue weighted by molar-refractivity contribution is 6.40. The number of hydrogen-bond donors (Lipinski definition) is 0. The van der Waals surface area contributed by atoms with Crippen molar-refractivity contribution in [1.29, 1.82) is 0 Å². The molecule has 5 heteroatoms. The maximum Gasteiger partial charge on any atom is 0.214 e. The molecule has 0 aliphatic heterocycles. The van der Waals surface area contributed by atoms with Crippen LogP contribution in [0.25, 0.3) is 0 Å². The Morgan fingerprint density at radius 1 is 1.25 bits per heavy atom. The van der Waals surface area contributed by atoms with Gasteiger partial charge in [0.15, 0.2) is 0 Å². The van der Waals surface area contributed by atoms with Crippen molar-refractivity contribution >= 4 is 29.0 Å². The van der Waals surface area contributed by atoms with Gasteiger partial charge >= 0.3 is 0 Å². The fourth-order valence-corrected chi connectivity index (χ4v) is 2.01. The molecule has 16 heavy (non-hydrogen) atoms. The van der Waals surface area contributed by atoms with Gasteiger partial charge in [0.25, 0.3) is 0 Å². The van der Waals surface area contributed by atoms with Crippen molar-refractivity contribution in [3.63, 3.8) is 0 Å². The van der Waals surface area contributed by atoms with Crippen LogP contribution < -0.4 is 0 Å². The molecule has 82 valence electrons. The molecular formula is C11H8Cl2N2O. The molecule has 3 nitrogen and oxygen atoms in total. The van der Waals surface area contributed by atoms with Gasteiger partial charge in [-0.3, -0.25) is 9.48 Å². The molecule has 0 amide bonds. The quantitative estimate of drug-likeness (QED) is 0.773. The summed E-state index contributed by atoms with van der Waals surface area (Å²) in [5.74, 6) is -0.226. The monoisotopic (exact) mass is 254 g/mol. The molecule has 1 aromatic heterocycles. The minimum absolute atomic E-state index is 0.226. The number of halogens is 2. The fourth-order valence-electron chi connectivity index (χ4n) is 1.44. The van der Waals surface area contributed by atoms with Gasteiger partial charge in [-0.05, 0) is 18.2 Å². The van der Waals surface area contributed by atoms with Gasteiger partial charge in [-0.2, -0.15) is 5.10 Å². The van der Waals surface area contributed by atoms with Crippen LogP contribution in [0.4, 0.5) is 0 Å². The predicted octanol–water partition coefficient (Wildman–Crippen LogP) is 2.96. The molecule has 1 heterocycles. The van der Waals surface area contributed by atoms with Gasteiger partial charge in [-0.15, -0.1) is 0 Å². The lowest BCUT2D eigenvalue weighted by Crippen LogP contribution is -2.09. The van der Waals surface area contributed by atoms with E-state index in [2.05, 4.69) is 5.10 Å². The van der Waals surface area contributed by atoms with Crippen LogP contribution in [0.15, 0.2) is 30.5 Å². The van der Waals surface area contributed by atoms with Gasteiger partial charge in [0.05, 0.1) is 15.6 Å². The van der Waals surface area contributed by atoms with Gasteiger partial charge < -0.3 is 0 Å². The van der Waals surface area contributed by atoms with Gasteiger partial charge in [0.1, 0.15) is 5.69 Å². The van der Waals surface area contributed by atoms with Gasteiger partial charge in [0.2, 0.25) is 5.78 Å². The number of aromatic nitrogens is 2. The number of rotatable bonds is 2. The number of nitrogens with zero attached hydrogens (tertiary/aromatic N) is 2. The van der Waals surface area contributed by atoms with Crippen LogP contribution in [0, 0.1) is 0 Å². The number of carbonyl (C=O) groups excluding carboxylic acids is 1. The fraction of sp³-hybridized carbons (Fsp3) is 0.0909. The van der Waals surface area contributed by atoms with Crippen molar-refractivity contribution in [2.75, 3.05) is 0 Å². The highest BCUT2D eigenvalue weighted by Crippen LogP contribution is 2.26. The first-order valence-electron chi connectivity index (χ1n) is 4.58. The molecule has 1 aromatic carbocycles. The van der Waals surface area contributed by atoms with Crippen molar-refractivity contribution in [2.45, 2.75) is 0 Å². The molecule has 2 aromatic rings. The molecule has 0 N–H and O–H groups in total. The topological polar surface area (TPSA) is 34.9 Å². The van der Waals surface area contributed by atoms with Crippen molar-refractivity contribution in [1.82, 2.24) is 9.78 Å². The summed E-state index contributed by atoms with van der Waals surface area (Å²) in [5.41, 5.74) is 0.768. The lowest BCUT2D eigenvalue weighted by atomic mass is 10.1. The smallest absolute Gasteiger partial charge is 0.214 e. The average Bonchev–Trinajstić information content (AvgIpc) is 2.64. The summed E-state index contributed by atoms with van der Waals surface area (Å²) in [7, 11) is 1.69. The van der Waals surface area contributed by atoms with E-state index < -0.39 is 0 Å². The van der Waals surface area contributed by atoms with Gasteiger partial charge in [0, 0.05) is 13.2 Å². The Kier molecular flexibility index (Phi) is 2.99. The van der Waals surface area contributed by atoms with Crippen molar-refractivity contribution in [3.8, 4) is 0 Å².